The average molecular weight is 432 g/mol. The minimum absolute atomic E-state index is 0. The van der Waals surface area contributed by atoms with E-state index in [2.05, 4.69) is 60.7 Å². The Labute approximate surface area is 127 Å². The molecular weight excluding hydrogens is 418 g/mol. The normalized spacial score (nSPS) is 8.47. The van der Waals surface area contributed by atoms with Crippen LogP contribution in [0.3, 0.4) is 0 Å². The Balaban J connectivity index is 0.00000128. The Morgan fingerprint density at radius 3 is 1.29 bits per heavy atom. The summed E-state index contributed by atoms with van der Waals surface area (Å²) < 4.78 is 2.74. The molecule has 0 fully saturated rings. The van der Waals surface area contributed by atoms with Gasteiger partial charge in [-0.05, 0) is 0 Å². The fraction of sp³-hybridized carbons (Fsp3) is 0.143. The zero-order valence-electron chi connectivity index (χ0n) is 9.44. The van der Waals surface area contributed by atoms with E-state index in [1.54, 1.807) is 0 Å². The summed E-state index contributed by atoms with van der Waals surface area (Å²) in [6.07, 6.45) is 0. The first kappa shape index (κ1) is 16.9. The summed E-state index contributed by atoms with van der Waals surface area (Å²) in [6, 6.07) is 21.7. The van der Waals surface area contributed by atoms with E-state index in [-0.39, 0.29) is 24.8 Å². The average Bonchev–Trinajstić information content (AvgIpc) is 2.32. The molecule has 3 heteroatoms. The van der Waals surface area contributed by atoms with Crippen LogP contribution in [0.1, 0.15) is 11.1 Å². The van der Waals surface area contributed by atoms with Crippen molar-refractivity contribution in [2.45, 2.75) is 8.35 Å². The fourth-order valence-corrected chi connectivity index (χ4v) is 5.76. The molecule has 2 rings (SSSR count). The Kier molecular flexibility index (Phi) is 9.81. The molecule has 88 valence electrons. The third kappa shape index (κ3) is 6.40. The molecule has 2 aromatic carbocycles. The second-order valence-corrected chi connectivity index (χ2v) is 7.91. The van der Waals surface area contributed by atoms with E-state index < -0.39 is 22.9 Å². The molecule has 2 aromatic rings. The third-order valence-electron chi connectivity index (χ3n) is 2.34. The van der Waals surface area contributed by atoms with Gasteiger partial charge in [-0.1, -0.05) is 0 Å². The van der Waals surface area contributed by atoms with Gasteiger partial charge >= 0.3 is 103 Å². The van der Waals surface area contributed by atoms with Gasteiger partial charge in [-0.3, -0.25) is 0 Å². The summed E-state index contributed by atoms with van der Waals surface area (Å²) in [5.74, 6) is 0. The van der Waals surface area contributed by atoms with Gasteiger partial charge in [-0.2, -0.15) is 0 Å². The van der Waals surface area contributed by atoms with Crippen LogP contribution in [0, 0.1) is 0 Å². The molecule has 0 unspecified atom stereocenters. The van der Waals surface area contributed by atoms with Gasteiger partial charge in [0.05, 0.1) is 0 Å². The SMILES string of the molecule is [Cl-].[Cl-].c1ccc([CH2][Hf+2][CH2]c2ccccc2)cc1. The summed E-state index contributed by atoms with van der Waals surface area (Å²) in [5, 5.41) is 0. The standard InChI is InChI=1S/2C7H7.2ClH.Hf/c2*1-7-5-3-2-4-6-7;;;/h2*2-6H,1H2;2*1H;/q;;;;+2/p-2. The number of halogens is 2. The molecule has 0 nitrogen and oxygen atoms in total. The minimum atomic E-state index is -0.471. The molecule has 0 aromatic heterocycles. The van der Waals surface area contributed by atoms with Crippen molar-refractivity contribution in [3.63, 3.8) is 0 Å². The van der Waals surface area contributed by atoms with Crippen LogP contribution in [0.15, 0.2) is 60.7 Å². The first-order valence-electron chi connectivity index (χ1n) is 5.24. The van der Waals surface area contributed by atoms with Crippen LogP contribution in [0.25, 0.3) is 0 Å². The topological polar surface area (TPSA) is 0 Å². The van der Waals surface area contributed by atoms with Crippen molar-refractivity contribution in [1.29, 1.82) is 0 Å². The van der Waals surface area contributed by atoms with Crippen LogP contribution in [0.5, 0.6) is 0 Å². The molecule has 0 aliphatic heterocycles. The van der Waals surface area contributed by atoms with Gasteiger partial charge in [-0.15, -0.1) is 0 Å². The molecule has 0 saturated carbocycles. The number of benzene rings is 2. The van der Waals surface area contributed by atoms with Gasteiger partial charge in [0.1, 0.15) is 0 Å². The Hall–Kier alpha value is -0.110. The monoisotopic (exact) mass is 432 g/mol. The zero-order valence-corrected chi connectivity index (χ0v) is 14.5. The van der Waals surface area contributed by atoms with E-state index in [1.807, 2.05) is 0 Å². The Bertz CT molecular complexity index is 350. The maximum absolute atomic E-state index is 2.25. The van der Waals surface area contributed by atoms with Crippen LogP contribution in [-0.2, 0) is 31.3 Å². The van der Waals surface area contributed by atoms with Gasteiger partial charge in [-0.25, -0.2) is 0 Å². The molecule has 0 amide bonds. The predicted molar refractivity (Wildman–Crippen MR) is 60.3 cm³/mol. The molecule has 0 N–H and O–H groups in total. The van der Waals surface area contributed by atoms with Crippen LogP contribution in [-0.4, -0.2) is 0 Å². The third-order valence-corrected chi connectivity index (χ3v) is 7.07. The molecule has 0 spiro atoms. The summed E-state index contributed by atoms with van der Waals surface area (Å²) in [6.45, 7) is 0. The van der Waals surface area contributed by atoms with E-state index >= 15 is 0 Å². The molecule has 0 radical (unpaired) electrons. The van der Waals surface area contributed by atoms with Gasteiger partial charge in [0, 0.05) is 0 Å². The summed E-state index contributed by atoms with van der Waals surface area (Å²) in [4.78, 5) is 0. The van der Waals surface area contributed by atoms with Crippen molar-refractivity contribution >= 4 is 0 Å². The van der Waals surface area contributed by atoms with Crippen molar-refractivity contribution in [3.05, 3.63) is 71.8 Å². The molecule has 0 aliphatic carbocycles. The quantitative estimate of drug-likeness (QED) is 0.469. The Morgan fingerprint density at radius 1 is 0.588 bits per heavy atom. The zero-order chi connectivity index (χ0) is 10.3. The summed E-state index contributed by atoms with van der Waals surface area (Å²) in [5.41, 5.74) is 3.05. The predicted octanol–water partition coefficient (Wildman–Crippen LogP) is -2.52. The van der Waals surface area contributed by atoms with Crippen molar-refractivity contribution < 1.29 is 47.7 Å². The van der Waals surface area contributed by atoms with Crippen LogP contribution >= 0.6 is 0 Å². The van der Waals surface area contributed by atoms with Crippen LogP contribution in [0.2, 0.25) is 0 Å². The van der Waals surface area contributed by atoms with Crippen molar-refractivity contribution in [2.75, 3.05) is 0 Å². The van der Waals surface area contributed by atoms with Crippen LogP contribution < -0.4 is 24.8 Å². The maximum atomic E-state index is 2.25. The van der Waals surface area contributed by atoms with Crippen molar-refractivity contribution in [2.24, 2.45) is 0 Å². The first-order chi connectivity index (χ1) is 7.45. The molecule has 17 heavy (non-hydrogen) atoms. The number of hydrogen-bond donors (Lipinski definition) is 0. The van der Waals surface area contributed by atoms with E-state index in [0.29, 0.717) is 0 Å². The summed E-state index contributed by atoms with van der Waals surface area (Å²) in [7, 11) is 0. The summed E-state index contributed by atoms with van der Waals surface area (Å²) >= 11 is -0.471. The first-order valence-corrected chi connectivity index (χ1v) is 10.3. The fourth-order valence-electron chi connectivity index (χ4n) is 1.54. The molecule has 0 bridgehead atoms. The van der Waals surface area contributed by atoms with Gasteiger partial charge in [0.15, 0.2) is 0 Å². The Morgan fingerprint density at radius 2 is 0.941 bits per heavy atom. The van der Waals surface area contributed by atoms with Gasteiger partial charge in [0.25, 0.3) is 0 Å². The molecular formula is C14H14Cl2Hf. The van der Waals surface area contributed by atoms with Gasteiger partial charge in [0.2, 0.25) is 0 Å². The molecule has 0 atom stereocenters. The second-order valence-electron chi connectivity index (χ2n) is 3.57. The van der Waals surface area contributed by atoms with Crippen LogP contribution in [0.4, 0.5) is 0 Å². The molecule has 0 saturated heterocycles. The van der Waals surface area contributed by atoms with Gasteiger partial charge < -0.3 is 24.8 Å². The molecule has 0 heterocycles. The van der Waals surface area contributed by atoms with Crippen molar-refractivity contribution in [3.8, 4) is 0 Å². The second kappa shape index (κ2) is 9.87. The van der Waals surface area contributed by atoms with Crippen molar-refractivity contribution in [1.82, 2.24) is 0 Å². The van der Waals surface area contributed by atoms with E-state index in [1.165, 1.54) is 19.5 Å². The van der Waals surface area contributed by atoms with E-state index in [0.717, 1.165) is 0 Å². The number of rotatable bonds is 4. The van der Waals surface area contributed by atoms with E-state index in [4.69, 9.17) is 0 Å². The molecule has 0 aliphatic rings. The van der Waals surface area contributed by atoms with E-state index in [9.17, 15) is 0 Å². The number of hydrogen-bond acceptors (Lipinski definition) is 0.